The second-order valence-electron chi connectivity index (χ2n) is 3.77. The Morgan fingerprint density at radius 1 is 1.37 bits per heavy atom. The summed E-state index contributed by atoms with van der Waals surface area (Å²) < 4.78 is 10.5. The maximum Gasteiger partial charge on any atom is 0.161 e. The Morgan fingerprint density at radius 2 is 2.11 bits per heavy atom. The lowest BCUT2D eigenvalue weighted by molar-refractivity contribution is 0.0242. The zero-order valence-electron chi connectivity index (χ0n) is 10.9. The molecule has 0 heterocycles. The molecule has 0 saturated carbocycles. The van der Waals surface area contributed by atoms with Gasteiger partial charge in [0, 0.05) is 4.91 Å². The molecular weight excluding hydrogens is 250 g/mol. The molecule has 2 N–H and O–H groups in total. The molecule has 2 unspecified atom stereocenters. The number of aliphatic hydroxyl groups is 2. The summed E-state index contributed by atoms with van der Waals surface area (Å²) in [6, 6.07) is 4.85. The second kappa shape index (κ2) is 7.48. The lowest BCUT2D eigenvalue weighted by Crippen LogP contribution is -2.21. The van der Waals surface area contributed by atoms with Crippen LogP contribution in [0, 0.1) is 0 Å². The fourth-order valence-corrected chi connectivity index (χ4v) is 1.59. The molecule has 0 bridgehead atoms. The van der Waals surface area contributed by atoms with E-state index in [1.165, 1.54) is 7.11 Å². The standard InChI is InChI=1S/C12H17N3O4/c1-3-19-10-5-4-8(6-11(10)18-2)12(17)9(16)7-14-15-13/h4-6,9,12,16-17H,3,7H2,1-2H3. The molecular formula is C12H17N3O4. The first-order valence-corrected chi connectivity index (χ1v) is 5.81. The SMILES string of the molecule is CCOc1ccc(C(O)C(O)CN=[N+]=[N-])cc1OC. The number of hydrogen-bond acceptors (Lipinski definition) is 5. The minimum atomic E-state index is -1.17. The molecule has 1 aromatic carbocycles. The van der Waals surface area contributed by atoms with Crippen molar-refractivity contribution in [2.45, 2.75) is 19.1 Å². The van der Waals surface area contributed by atoms with E-state index in [-0.39, 0.29) is 6.54 Å². The van der Waals surface area contributed by atoms with Crippen LogP contribution in [0.4, 0.5) is 0 Å². The summed E-state index contributed by atoms with van der Waals surface area (Å²) in [5.41, 5.74) is 8.63. The smallest absolute Gasteiger partial charge is 0.161 e. The molecule has 7 heteroatoms. The highest BCUT2D eigenvalue weighted by atomic mass is 16.5. The molecule has 1 aromatic rings. The van der Waals surface area contributed by atoms with Gasteiger partial charge in [0.1, 0.15) is 6.10 Å². The number of benzene rings is 1. The highest BCUT2D eigenvalue weighted by Crippen LogP contribution is 2.31. The molecule has 19 heavy (non-hydrogen) atoms. The monoisotopic (exact) mass is 267 g/mol. The first-order chi connectivity index (χ1) is 9.13. The van der Waals surface area contributed by atoms with Gasteiger partial charge in [-0.1, -0.05) is 11.2 Å². The Bertz CT molecular complexity index is 460. The predicted molar refractivity (Wildman–Crippen MR) is 69.1 cm³/mol. The fourth-order valence-electron chi connectivity index (χ4n) is 1.59. The highest BCUT2D eigenvalue weighted by molar-refractivity contribution is 5.43. The summed E-state index contributed by atoms with van der Waals surface area (Å²) in [6.07, 6.45) is -2.33. The molecule has 0 fully saturated rings. The summed E-state index contributed by atoms with van der Waals surface area (Å²) in [5.74, 6) is 1.03. The molecule has 1 rings (SSSR count). The number of nitrogens with zero attached hydrogens (tertiary/aromatic N) is 3. The Hall–Kier alpha value is -1.95. The van der Waals surface area contributed by atoms with E-state index >= 15 is 0 Å². The highest BCUT2D eigenvalue weighted by Gasteiger charge is 2.19. The van der Waals surface area contributed by atoms with E-state index in [1.807, 2.05) is 6.92 Å². The van der Waals surface area contributed by atoms with E-state index in [4.69, 9.17) is 15.0 Å². The van der Waals surface area contributed by atoms with Gasteiger partial charge < -0.3 is 19.7 Å². The van der Waals surface area contributed by atoms with E-state index in [0.717, 1.165) is 0 Å². The number of aliphatic hydroxyl groups excluding tert-OH is 2. The topological polar surface area (TPSA) is 108 Å². The van der Waals surface area contributed by atoms with Crippen LogP contribution in [-0.4, -0.2) is 36.6 Å². The van der Waals surface area contributed by atoms with Gasteiger partial charge >= 0.3 is 0 Å². The van der Waals surface area contributed by atoms with Crippen LogP contribution in [0.15, 0.2) is 23.3 Å². The average molecular weight is 267 g/mol. The summed E-state index contributed by atoms with van der Waals surface area (Å²) in [7, 11) is 1.49. The van der Waals surface area contributed by atoms with Crippen LogP contribution in [0.2, 0.25) is 0 Å². The number of ether oxygens (including phenoxy) is 2. The van der Waals surface area contributed by atoms with E-state index in [9.17, 15) is 10.2 Å². The number of rotatable bonds is 7. The number of hydrogen-bond donors (Lipinski definition) is 2. The van der Waals surface area contributed by atoms with Gasteiger partial charge in [0.2, 0.25) is 0 Å². The van der Waals surface area contributed by atoms with Crippen molar-refractivity contribution in [1.82, 2.24) is 0 Å². The summed E-state index contributed by atoms with van der Waals surface area (Å²) in [6.45, 7) is 2.15. The van der Waals surface area contributed by atoms with E-state index in [0.29, 0.717) is 23.7 Å². The summed E-state index contributed by atoms with van der Waals surface area (Å²) >= 11 is 0. The molecule has 2 atom stereocenters. The van der Waals surface area contributed by atoms with Gasteiger partial charge in [-0.05, 0) is 30.2 Å². The molecule has 0 radical (unpaired) electrons. The van der Waals surface area contributed by atoms with Crippen molar-refractivity contribution < 1.29 is 19.7 Å². The van der Waals surface area contributed by atoms with Crippen molar-refractivity contribution in [2.75, 3.05) is 20.3 Å². The van der Waals surface area contributed by atoms with Crippen LogP contribution in [0.5, 0.6) is 11.5 Å². The predicted octanol–water partition coefficient (Wildman–Crippen LogP) is 1.80. The van der Waals surface area contributed by atoms with E-state index in [2.05, 4.69) is 10.0 Å². The van der Waals surface area contributed by atoms with Crippen molar-refractivity contribution in [1.29, 1.82) is 0 Å². The summed E-state index contributed by atoms with van der Waals surface area (Å²) in [5, 5.41) is 22.8. The molecule has 0 spiro atoms. The third-order valence-electron chi connectivity index (χ3n) is 2.53. The van der Waals surface area contributed by atoms with Crippen LogP contribution >= 0.6 is 0 Å². The van der Waals surface area contributed by atoms with Crippen molar-refractivity contribution in [2.24, 2.45) is 5.11 Å². The zero-order chi connectivity index (χ0) is 14.3. The Labute approximate surface area is 111 Å². The van der Waals surface area contributed by atoms with Crippen LogP contribution in [0.3, 0.4) is 0 Å². The average Bonchev–Trinajstić information content (AvgIpc) is 2.44. The van der Waals surface area contributed by atoms with Crippen LogP contribution in [0.25, 0.3) is 10.4 Å². The van der Waals surface area contributed by atoms with Gasteiger partial charge in [0.05, 0.1) is 26.4 Å². The minimum absolute atomic E-state index is 0.201. The van der Waals surface area contributed by atoms with E-state index in [1.54, 1.807) is 18.2 Å². The third-order valence-corrected chi connectivity index (χ3v) is 2.53. The molecule has 0 aliphatic carbocycles. The third kappa shape index (κ3) is 4.03. The normalized spacial score (nSPS) is 13.3. The largest absolute Gasteiger partial charge is 0.493 e. The Kier molecular flexibility index (Phi) is 5.95. The quantitative estimate of drug-likeness (QED) is 0.446. The first kappa shape index (κ1) is 15.1. The molecule has 0 amide bonds. The minimum Gasteiger partial charge on any atom is -0.493 e. The van der Waals surface area contributed by atoms with Gasteiger partial charge in [-0.25, -0.2) is 0 Å². The molecule has 7 nitrogen and oxygen atoms in total. The van der Waals surface area contributed by atoms with Gasteiger partial charge in [-0.3, -0.25) is 0 Å². The lowest BCUT2D eigenvalue weighted by Gasteiger charge is -2.18. The number of methoxy groups -OCH3 is 1. The number of azide groups is 1. The van der Waals surface area contributed by atoms with Crippen molar-refractivity contribution in [3.8, 4) is 11.5 Å². The molecule has 0 aliphatic heterocycles. The first-order valence-electron chi connectivity index (χ1n) is 5.81. The lowest BCUT2D eigenvalue weighted by atomic mass is 10.0. The Morgan fingerprint density at radius 3 is 2.68 bits per heavy atom. The van der Waals surface area contributed by atoms with Crippen LogP contribution in [-0.2, 0) is 0 Å². The molecule has 0 saturated heterocycles. The van der Waals surface area contributed by atoms with E-state index < -0.39 is 12.2 Å². The zero-order valence-corrected chi connectivity index (χ0v) is 10.9. The van der Waals surface area contributed by atoms with Gasteiger partial charge in [0.15, 0.2) is 11.5 Å². The van der Waals surface area contributed by atoms with Crippen molar-refractivity contribution >= 4 is 0 Å². The van der Waals surface area contributed by atoms with Gasteiger partial charge in [-0.2, -0.15) is 0 Å². The van der Waals surface area contributed by atoms with Crippen LogP contribution < -0.4 is 9.47 Å². The van der Waals surface area contributed by atoms with Gasteiger partial charge in [0.25, 0.3) is 0 Å². The fraction of sp³-hybridized carbons (Fsp3) is 0.500. The maximum atomic E-state index is 9.93. The van der Waals surface area contributed by atoms with Crippen molar-refractivity contribution in [3.63, 3.8) is 0 Å². The van der Waals surface area contributed by atoms with Gasteiger partial charge in [-0.15, -0.1) is 0 Å². The molecule has 0 aromatic heterocycles. The summed E-state index contributed by atoms with van der Waals surface area (Å²) in [4.78, 5) is 2.53. The Balaban J connectivity index is 2.91. The van der Waals surface area contributed by atoms with Crippen LogP contribution in [0.1, 0.15) is 18.6 Å². The maximum absolute atomic E-state index is 9.93. The molecule has 0 aliphatic rings. The molecule has 104 valence electrons. The second-order valence-corrected chi connectivity index (χ2v) is 3.77. The van der Waals surface area contributed by atoms with Crippen molar-refractivity contribution in [3.05, 3.63) is 34.2 Å².